The van der Waals surface area contributed by atoms with Crippen LogP contribution < -0.4 is 0 Å². The van der Waals surface area contributed by atoms with Gasteiger partial charge in [0.25, 0.3) is 6.43 Å². The molecule has 0 radical (unpaired) electrons. The fraction of sp³-hybridized carbons (Fsp3) is 0.684. The van der Waals surface area contributed by atoms with Crippen LogP contribution in [0.25, 0.3) is 0 Å². The van der Waals surface area contributed by atoms with Crippen LogP contribution in [-0.2, 0) is 4.74 Å². The van der Waals surface area contributed by atoms with Gasteiger partial charge in [0.1, 0.15) is 11.3 Å². The summed E-state index contributed by atoms with van der Waals surface area (Å²) in [7, 11) is 0. The number of amides is 1. The molecule has 5 nitrogen and oxygen atoms in total. The Morgan fingerprint density at radius 1 is 1.26 bits per heavy atom. The molecule has 0 unspecified atom stereocenters. The Bertz CT molecular complexity index is 735. The molecular formula is C19H25F2N3O2S. The Morgan fingerprint density at radius 3 is 2.48 bits per heavy atom. The molecule has 1 aromatic heterocycles. The lowest BCUT2D eigenvalue weighted by Gasteiger charge is -2.59. The summed E-state index contributed by atoms with van der Waals surface area (Å²) in [4.78, 5) is 19.0. The summed E-state index contributed by atoms with van der Waals surface area (Å²) >= 11 is 1.61. The Hall–Kier alpha value is -1.41. The van der Waals surface area contributed by atoms with Crippen molar-refractivity contribution in [1.29, 1.82) is 0 Å². The molecule has 27 heavy (non-hydrogen) atoms. The maximum atomic E-state index is 12.9. The topological polar surface area (TPSA) is 45.7 Å². The second-order valence-corrected chi connectivity index (χ2v) is 10.1. The fourth-order valence-corrected chi connectivity index (χ4v) is 5.04. The summed E-state index contributed by atoms with van der Waals surface area (Å²) in [6.07, 6.45) is -0.714. The largest absolute Gasteiger partial charge is 0.444 e. The number of nitrogens with zero attached hydrogens (tertiary/aromatic N) is 3. The number of rotatable bonds is 4. The highest BCUT2D eigenvalue weighted by Crippen LogP contribution is 2.48. The van der Waals surface area contributed by atoms with E-state index in [1.165, 1.54) is 6.07 Å². The summed E-state index contributed by atoms with van der Waals surface area (Å²) in [5.41, 5.74) is 0.369. The first kappa shape index (κ1) is 18.9. The molecule has 2 saturated heterocycles. The predicted octanol–water partition coefficient (Wildman–Crippen LogP) is 4.46. The van der Waals surface area contributed by atoms with Gasteiger partial charge in [0.05, 0.1) is 5.69 Å². The van der Waals surface area contributed by atoms with Gasteiger partial charge in [-0.2, -0.15) is 0 Å². The maximum absolute atomic E-state index is 12.9. The van der Waals surface area contributed by atoms with Gasteiger partial charge in [0, 0.05) is 42.4 Å². The Kier molecular flexibility index (Phi) is 4.62. The third-order valence-electron chi connectivity index (χ3n) is 5.05. The number of alkyl halides is 2. The number of aromatic nitrogens is 1. The lowest BCUT2D eigenvalue weighted by atomic mass is 9.75. The molecule has 1 aliphatic carbocycles. The number of carbonyl (C=O) groups is 1. The molecule has 0 atom stereocenters. The summed E-state index contributed by atoms with van der Waals surface area (Å²) in [5, 5.41) is 0. The van der Waals surface area contributed by atoms with Crippen LogP contribution in [0.2, 0.25) is 0 Å². The molecule has 1 amide bonds. The van der Waals surface area contributed by atoms with Gasteiger partial charge in [-0.15, -0.1) is 0 Å². The van der Waals surface area contributed by atoms with Crippen LogP contribution in [0.4, 0.5) is 13.6 Å². The molecular weight excluding hydrogens is 372 g/mol. The number of ether oxygens (including phenoxy) is 1. The normalized spacial score (nSPS) is 21.9. The highest BCUT2D eigenvalue weighted by atomic mass is 32.2. The van der Waals surface area contributed by atoms with Crippen molar-refractivity contribution < 1.29 is 18.3 Å². The van der Waals surface area contributed by atoms with Crippen molar-refractivity contribution in [3.8, 4) is 0 Å². The van der Waals surface area contributed by atoms with Crippen molar-refractivity contribution >= 4 is 18.0 Å². The van der Waals surface area contributed by atoms with Crippen molar-refractivity contribution in [1.82, 2.24) is 14.2 Å². The second-order valence-electron chi connectivity index (χ2n) is 8.92. The van der Waals surface area contributed by atoms with E-state index in [4.69, 9.17) is 4.74 Å². The molecule has 4 rings (SSSR count). The molecule has 8 heteroatoms. The molecule has 0 aromatic carbocycles. The van der Waals surface area contributed by atoms with E-state index in [9.17, 15) is 13.6 Å². The molecule has 0 bridgehead atoms. The summed E-state index contributed by atoms with van der Waals surface area (Å²) < 4.78 is 33.5. The average molecular weight is 397 g/mol. The molecule has 2 aliphatic heterocycles. The van der Waals surface area contributed by atoms with Crippen molar-refractivity contribution in [3.05, 3.63) is 23.5 Å². The number of hydrogen-bond acceptors (Lipinski definition) is 5. The molecule has 0 N–H and O–H groups in total. The molecule has 3 fully saturated rings. The van der Waals surface area contributed by atoms with Crippen LogP contribution in [0.1, 0.15) is 57.3 Å². The lowest BCUT2D eigenvalue weighted by Crippen LogP contribution is -2.71. The van der Waals surface area contributed by atoms with Crippen molar-refractivity contribution in [2.45, 2.75) is 56.5 Å². The number of likely N-dealkylation sites (tertiary alicyclic amines) is 1. The minimum atomic E-state index is -2.53. The highest BCUT2D eigenvalue weighted by molar-refractivity contribution is 7.97. The minimum absolute atomic E-state index is 0.131. The van der Waals surface area contributed by atoms with E-state index in [0.717, 1.165) is 49.6 Å². The second kappa shape index (κ2) is 6.58. The third kappa shape index (κ3) is 4.06. The molecule has 1 aromatic rings. The van der Waals surface area contributed by atoms with Gasteiger partial charge in [-0.1, -0.05) is 0 Å². The zero-order chi connectivity index (χ0) is 19.4. The Morgan fingerprint density at radius 2 is 1.93 bits per heavy atom. The van der Waals surface area contributed by atoms with Crippen LogP contribution >= 0.6 is 11.9 Å². The maximum Gasteiger partial charge on any atom is 0.410 e. The zero-order valence-corrected chi connectivity index (χ0v) is 16.7. The number of pyridine rings is 1. The van der Waals surface area contributed by atoms with Gasteiger partial charge in [-0.05, 0) is 57.7 Å². The minimum Gasteiger partial charge on any atom is -0.444 e. The monoisotopic (exact) mass is 397 g/mol. The van der Waals surface area contributed by atoms with Gasteiger partial charge in [-0.25, -0.2) is 17.9 Å². The van der Waals surface area contributed by atoms with Crippen molar-refractivity contribution in [2.75, 3.05) is 26.2 Å². The average Bonchev–Trinajstić information content (AvgIpc) is 3.30. The highest BCUT2D eigenvalue weighted by Gasteiger charge is 2.54. The van der Waals surface area contributed by atoms with Gasteiger partial charge >= 0.3 is 6.09 Å². The van der Waals surface area contributed by atoms with E-state index in [0.29, 0.717) is 5.92 Å². The fourth-order valence-electron chi connectivity index (χ4n) is 3.65. The van der Waals surface area contributed by atoms with Crippen LogP contribution in [0.15, 0.2) is 17.0 Å². The van der Waals surface area contributed by atoms with E-state index >= 15 is 0 Å². The van der Waals surface area contributed by atoms with Crippen LogP contribution in [-0.4, -0.2) is 52.1 Å². The van der Waals surface area contributed by atoms with E-state index < -0.39 is 12.0 Å². The number of carbonyl (C=O) groups excluding carboxylic acids is 1. The first-order valence-corrected chi connectivity index (χ1v) is 10.1. The van der Waals surface area contributed by atoms with E-state index in [2.05, 4.69) is 9.29 Å². The van der Waals surface area contributed by atoms with E-state index in [1.54, 1.807) is 22.9 Å². The quantitative estimate of drug-likeness (QED) is 0.702. The Labute approximate surface area is 162 Å². The van der Waals surface area contributed by atoms with Crippen LogP contribution in [0.3, 0.4) is 0 Å². The third-order valence-corrected chi connectivity index (χ3v) is 6.11. The molecule has 1 saturated carbocycles. The summed E-state index contributed by atoms with van der Waals surface area (Å²) in [5.74, 6) is 0.327. The smallest absolute Gasteiger partial charge is 0.410 e. The molecule has 3 heterocycles. The first-order valence-electron chi connectivity index (χ1n) is 9.34. The van der Waals surface area contributed by atoms with Gasteiger partial charge in [0.15, 0.2) is 0 Å². The molecule has 1 spiro atoms. The van der Waals surface area contributed by atoms with Crippen LogP contribution in [0, 0.1) is 5.41 Å². The lowest BCUT2D eigenvalue weighted by molar-refractivity contribution is -0.0812. The van der Waals surface area contributed by atoms with E-state index in [1.807, 2.05) is 20.8 Å². The van der Waals surface area contributed by atoms with Crippen molar-refractivity contribution in [3.63, 3.8) is 0 Å². The van der Waals surface area contributed by atoms with E-state index in [-0.39, 0.29) is 17.2 Å². The number of halogens is 2. The van der Waals surface area contributed by atoms with Gasteiger partial charge < -0.3 is 9.64 Å². The summed E-state index contributed by atoms with van der Waals surface area (Å²) in [6.45, 7) is 8.82. The first-order chi connectivity index (χ1) is 12.6. The Balaban J connectivity index is 1.31. The SMILES string of the molecule is CC(C)(C)OC(=O)N1CC2(CN(Sc3ccc(C(F)F)nc3C3CC3)C2)C1. The molecule has 148 valence electrons. The number of hydrogen-bond donors (Lipinski definition) is 0. The summed E-state index contributed by atoms with van der Waals surface area (Å²) in [6, 6.07) is 3.22. The standard InChI is InChI=1S/C19H25F2N3O2S/c1-18(2,3)26-17(25)23-8-19(9-23)10-24(11-19)27-14-7-6-13(16(20)21)22-15(14)12-4-5-12/h6-7,12,16H,4-5,8-11H2,1-3H3. The zero-order valence-electron chi connectivity index (χ0n) is 15.9. The van der Waals surface area contributed by atoms with Crippen LogP contribution in [0.5, 0.6) is 0 Å². The predicted molar refractivity (Wildman–Crippen MR) is 98.8 cm³/mol. The van der Waals surface area contributed by atoms with Crippen molar-refractivity contribution in [2.24, 2.45) is 5.41 Å². The van der Waals surface area contributed by atoms with Gasteiger partial charge in [0.2, 0.25) is 0 Å². The van der Waals surface area contributed by atoms with Gasteiger partial charge in [-0.3, -0.25) is 4.98 Å². The molecule has 3 aliphatic rings.